The van der Waals surface area contributed by atoms with E-state index in [0.29, 0.717) is 25.1 Å². The third-order valence-corrected chi connectivity index (χ3v) is 7.00. The normalized spacial score (nSPS) is 13.8. The van der Waals surface area contributed by atoms with Crippen molar-refractivity contribution in [1.29, 1.82) is 0 Å². The van der Waals surface area contributed by atoms with Gasteiger partial charge in [0, 0.05) is 18.5 Å². The van der Waals surface area contributed by atoms with Gasteiger partial charge in [-0.25, -0.2) is 4.79 Å². The van der Waals surface area contributed by atoms with E-state index in [1.165, 1.54) is 0 Å². The summed E-state index contributed by atoms with van der Waals surface area (Å²) in [7, 11) is 0. The minimum Gasteiger partial charge on any atom is -0.479 e. The average molecular weight is 496 g/mol. The molecule has 188 valence electrons. The molecule has 1 amide bonds. The van der Waals surface area contributed by atoms with Gasteiger partial charge < -0.3 is 10.0 Å². The molecule has 5 rings (SSSR count). The Morgan fingerprint density at radius 1 is 0.946 bits per heavy atom. The van der Waals surface area contributed by atoms with Crippen molar-refractivity contribution in [1.82, 2.24) is 25.5 Å². The number of nitrogens with one attached hydrogen (secondary N) is 1. The average Bonchev–Trinajstić information content (AvgIpc) is 3.56. The SMILES string of the molecule is CCCCC(=O)N(Cc1ccc(-c2cc(-c3ccccc3)ccc2-c2nn[nH]n2)cc1)C1(C(=O)O)CC1. The molecule has 8 heteroatoms. The van der Waals surface area contributed by atoms with E-state index in [-0.39, 0.29) is 12.5 Å². The number of hydrogen-bond acceptors (Lipinski definition) is 5. The van der Waals surface area contributed by atoms with Crippen LogP contribution in [0.15, 0.2) is 72.8 Å². The number of hydrogen-bond donors (Lipinski definition) is 2. The zero-order valence-corrected chi connectivity index (χ0v) is 20.7. The smallest absolute Gasteiger partial charge is 0.329 e. The van der Waals surface area contributed by atoms with E-state index in [2.05, 4.69) is 38.8 Å². The summed E-state index contributed by atoms with van der Waals surface area (Å²) in [6.07, 6.45) is 3.00. The lowest BCUT2D eigenvalue weighted by Crippen LogP contribution is -2.46. The summed E-state index contributed by atoms with van der Waals surface area (Å²) in [5.41, 5.74) is 4.75. The zero-order chi connectivity index (χ0) is 25.8. The number of amides is 1. The number of rotatable bonds is 10. The van der Waals surface area contributed by atoms with Gasteiger partial charge in [0.1, 0.15) is 5.54 Å². The van der Waals surface area contributed by atoms with Gasteiger partial charge in [-0.15, -0.1) is 10.2 Å². The number of carboxylic acid groups (broad SMARTS) is 1. The van der Waals surface area contributed by atoms with Crippen LogP contribution in [0, 0.1) is 0 Å². The van der Waals surface area contributed by atoms with Crippen LogP contribution in [0.5, 0.6) is 0 Å². The van der Waals surface area contributed by atoms with Crippen molar-refractivity contribution in [2.45, 2.75) is 51.1 Å². The van der Waals surface area contributed by atoms with E-state index in [0.717, 1.165) is 46.2 Å². The van der Waals surface area contributed by atoms with Gasteiger partial charge in [-0.3, -0.25) is 4.79 Å². The quantitative estimate of drug-likeness (QED) is 0.307. The van der Waals surface area contributed by atoms with Gasteiger partial charge in [0.15, 0.2) is 0 Å². The molecule has 1 aromatic heterocycles. The zero-order valence-electron chi connectivity index (χ0n) is 20.7. The maximum atomic E-state index is 13.0. The molecule has 0 bridgehead atoms. The number of aromatic amines is 1. The minimum absolute atomic E-state index is 0.0965. The molecule has 1 aliphatic rings. The van der Waals surface area contributed by atoms with Crippen molar-refractivity contribution in [2.75, 3.05) is 0 Å². The van der Waals surface area contributed by atoms with Crippen molar-refractivity contribution >= 4 is 11.9 Å². The number of H-pyrrole nitrogens is 1. The van der Waals surface area contributed by atoms with Crippen LogP contribution in [0.25, 0.3) is 33.6 Å². The number of carbonyl (C=O) groups is 2. The van der Waals surface area contributed by atoms with Crippen molar-refractivity contribution < 1.29 is 14.7 Å². The summed E-state index contributed by atoms with van der Waals surface area (Å²) in [5, 5.41) is 24.4. The van der Waals surface area contributed by atoms with E-state index >= 15 is 0 Å². The summed E-state index contributed by atoms with van der Waals surface area (Å²) in [5.74, 6) is -0.513. The Morgan fingerprint density at radius 2 is 1.68 bits per heavy atom. The standard InChI is InChI=1S/C29H29N5O3/c1-2-3-9-26(35)34(29(16-17-29)28(36)37)19-20-10-12-22(13-11-20)25-18-23(21-7-5-4-6-8-21)14-15-24(25)27-30-32-33-31-27/h4-8,10-15,18H,2-3,9,16-17,19H2,1H3,(H,36,37)(H,30,31,32,33). The molecule has 3 aromatic carbocycles. The third kappa shape index (κ3) is 5.00. The van der Waals surface area contributed by atoms with Crippen LogP contribution < -0.4 is 0 Å². The summed E-state index contributed by atoms with van der Waals surface area (Å²) < 4.78 is 0. The maximum Gasteiger partial charge on any atom is 0.329 e. The van der Waals surface area contributed by atoms with Gasteiger partial charge in [0.2, 0.25) is 11.7 Å². The van der Waals surface area contributed by atoms with Crippen LogP contribution >= 0.6 is 0 Å². The lowest BCUT2D eigenvalue weighted by molar-refractivity contribution is -0.153. The summed E-state index contributed by atoms with van der Waals surface area (Å²) >= 11 is 0. The van der Waals surface area contributed by atoms with Crippen LogP contribution in [-0.4, -0.2) is 48.0 Å². The Bertz CT molecular complexity index is 1380. The fourth-order valence-electron chi connectivity index (χ4n) is 4.70. The van der Waals surface area contributed by atoms with Gasteiger partial charge in [-0.05, 0) is 64.4 Å². The van der Waals surface area contributed by atoms with Gasteiger partial charge in [-0.1, -0.05) is 74.0 Å². The monoisotopic (exact) mass is 495 g/mol. The third-order valence-electron chi connectivity index (χ3n) is 7.00. The molecule has 1 heterocycles. The molecule has 0 unspecified atom stereocenters. The number of carbonyl (C=O) groups excluding carboxylic acids is 1. The molecule has 1 fully saturated rings. The first-order valence-corrected chi connectivity index (χ1v) is 12.6. The van der Waals surface area contributed by atoms with Gasteiger partial charge in [0.05, 0.1) is 0 Å². The van der Waals surface area contributed by atoms with Crippen molar-refractivity contribution in [3.63, 3.8) is 0 Å². The van der Waals surface area contributed by atoms with Crippen molar-refractivity contribution in [3.8, 4) is 33.6 Å². The van der Waals surface area contributed by atoms with E-state index in [4.69, 9.17) is 0 Å². The van der Waals surface area contributed by atoms with Crippen molar-refractivity contribution in [3.05, 3.63) is 78.4 Å². The molecule has 8 nitrogen and oxygen atoms in total. The Morgan fingerprint density at radius 3 is 2.30 bits per heavy atom. The Hall–Kier alpha value is -4.33. The minimum atomic E-state index is -1.07. The highest BCUT2D eigenvalue weighted by Gasteiger charge is 2.56. The number of nitrogens with zero attached hydrogens (tertiary/aromatic N) is 4. The lowest BCUT2D eigenvalue weighted by atomic mass is 9.93. The molecule has 0 aliphatic heterocycles. The van der Waals surface area contributed by atoms with Crippen LogP contribution in [0.4, 0.5) is 0 Å². The molecular weight excluding hydrogens is 466 g/mol. The molecule has 37 heavy (non-hydrogen) atoms. The number of benzene rings is 3. The predicted octanol–water partition coefficient (Wildman–Crippen LogP) is 5.34. The van der Waals surface area contributed by atoms with Crippen molar-refractivity contribution in [2.24, 2.45) is 0 Å². The Labute approximate surface area is 215 Å². The second-order valence-corrected chi connectivity index (χ2v) is 9.48. The predicted molar refractivity (Wildman–Crippen MR) is 140 cm³/mol. The summed E-state index contributed by atoms with van der Waals surface area (Å²) in [6, 6.07) is 24.2. The van der Waals surface area contributed by atoms with E-state index in [1.54, 1.807) is 4.90 Å². The second-order valence-electron chi connectivity index (χ2n) is 9.48. The first kappa shape index (κ1) is 24.4. The molecule has 0 radical (unpaired) electrons. The van der Waals surface area contributed by atoms with Gasteiger partial charge in [-0.2, -0.15) is 5.21 Å². The number of aromatic nitrogens is 4. The number of tetrazole rings is 1. The molecule has 1 aliphatic carbocycles. The van der Waals surface area contributed by atoms with E-state index in [1.807, 2.05) is 61.5 Å². The van der Waals surface area contributed by atoms with Gasteiger partial charge in [0.25, 0.3) is 0 Å². The first-order chi connectivity index (χ1) is 18.0. The summed E-state index contributed by atoms with van der Waals surface area (Å²) in [6.45, 7) is 2.30. The van der Waals surface area contributed by atoms with Crippen LogP contribution in [0.1, 0.15) is 44.6 Å². The highest BCUT2D eigenvalue weighted by molar-refractivity contribution is 5.90. The van der Waals surface area contributed by atoms with Crippen LogP contribution in [-0.2, 0) is 16.1 Å². The highest BCUT2D eigenvalue weighted by Crippen LogP contribution is 2.43. The molecule has 4 aromatic rings. The number of unbranched alkanes of at least 4 members (excludes halogenated alkanes) is 1. The molecule has 1 saturated carbocycles. The van der Waals surface area contributed by atoms with Gasteiger partial charge >= 0.3 is 5.97 Å². The van der Waals surface area contributed by atoms with Crippen LogP contribution in [0.3, 0.4) is 0 Å². The highest BCUT2D eigenvalue weighted by atomic mass is 16.4. The lowest BCUT2D eigenvalue weighted by Gasteiger charge is -2.29. The topological polar surface area (TPSA) is 112 Å². The largest absolute Gasteiger partial charge is 0.479 e. The van der Waals surface area contributed by atoms with E-state index in [9.17, 15) is 14.7 Å². The molecular formula is C29H29N5O3. The molecule has 2 N–H and O–H groups in total. The number of carboxylic acids is 1. The van der Waals surface area contributed by atoms with E-state index < -0.39 is 11.5 Å². The second kappa shape index (κ2) is 10.3. The number of aliphatic carboxylic acids is 1. The first-order valence-electron chi connectivity index (χ1n) is 12.6. The molecule has 0 saturated heterocycles. The molecule has 0 atom stereocenters. The fraction of sp³-hybridized carbons (Fsp3) is 0.276. The maximum absolute atomic E-state index is 13.0. The Kier molecular flexibility index (Phi) is 6.81. The van der Waals surface area contributed by atoms with Crippen LogP contribution in [0.2, 0.25) is 0 Å². The Balaban J connectivity index is 1.47. The molecule has 0 spiro atoms. The fourth-order valence-corrected chi connectivity index (χ4v) is 4.70. The summed E-state index contributed by atoms with van der Waals surface area (Å²) in [4.78, 5) is 26.6.